The van der Waals surface area contributed by atoms with Gasteiger partial charge in [-0.15, -0.1) is 0 Å². The molecule has 2 rings (SSSR count). The van der Waals surface area contributed by atoms with Crippen molar-refractivity contribution in [2.45, 2.75) is 25.9 Å². The number of aromatic nitrogens is 4. The molecular weight excluding hydrogens is 270 g/mol. The zero-order valence-corrected chi connectivity index (χ0v) is 11.1. The topological polar surface area (TPSA) is 104 Å². The number of rotatable bonds is 5. The number of alkyl halides is 2. The molecule has 0 saturated carbocycles. The van der Waals surface area contributed by atoms with Crippen LogP contribution in [0.2, 0.25) is 0 Å². The minimum absolute atomic E-state index is 0.0198. The number of nitrogen functional groups attached to an aromatic ring is 1. The summed E-state index contributed by atoms with van der Waals surface area (Å²) in [6.45, 7) is 2.47. The lowest BCUT2D eigenvalue weighted by atomic mass is 10.1. The van der Waals surface area contributed by atoms with E-state index in [9.17, 15) is 13.9 Å². The van der Waals surface area contributed by atoms with Crippen LogP contribution in [-0.2, 0) is 0 Å². The minimum atomic E-state index is -2.57. The SMILES string of the molecule is CC(C)(O)CN(CC(F)F)c1nc(N)nc2[nH]ncc12. The zero-order valence-electron chi connectivity index (χ0n) is 11.1. The van der Waals surface area contributed by atoms with E-state index in [1.54, 1.807) is 0 Å². The zero-order chi connectivity index (χ0) is 14.9. The van der Waals surface area contributed by atoms with Crippen molar-refractivity contribution < 1.29 is 13.9 Å². The van der Waals surface area contributed by atoms with Crippen molar-refractivity contribution in [1.29, 1.82) is 0 Å². The molecule has 7 nitrogen and oxygen atoms in total. The highest BCUT2D eigenvalue weighted by atomic mass is 19.3. The van der Waals surface area contributed by atoms with Crippen LogP contribution in [0.3, 0.4) is 0 Å². The van der Waals surface area contributed by atoms with Crippen LogP contribution in [-0.4, -0.2) is 50.4 Å². The molecule has 0 atom stereocenters. The maximum Gasteiger partial charge on any atom is 0.255 e. The molecule has 2 heterocycles. The lowest BCUT2D eigenvalue weighted by Crippen LogP contribution is -2.41. The van der Waals surface area contributed by atoms with Crippen LogP contribution in [0.25, 0.3) is 11.0 Å². The van der Waals surface area contributed by atoms with Gasteiger partial charge in [-0.05, 0) is 13.8 Å². The van der Waals surface area contributed by atoms with Gasteiger partial charge in [0.05, 0.1) is 23.7 Å². The summed E-state index contributed by atoms with van der Waals surface area (Å²) in [5.41, 5.74) is 4.77. The van der Waals surface area contributed by atoms with E-state index in [4.69, 9.17) is 5.73 Å². The number of halogens is 2. The van der Waals surface area contributed by atoms with Crippen molar-refractivity contribution in [2.75, 3.05) is 23.7 Å². The fraction of sp³-hybridized carbons (Fsp3) is 0.545. The molecule has 20 heavy (non-hydrogen) atoms. The average molecular weight is 286 g/mol. The molecule has 0 aliphatic rings. The first-order valence-electron chi connectivity index (χ1n) is 5.98. The predicted molar refractivity (Wildman–Crippen MR) is 70.6 cm³/mol. The monoisotopic (exact) mass is 286 g/mol. The van der Waals surface area contributed by atoms with Gasteiger partial charge in [-0.3, -0.25) is 5.10 Å². The number of nitrogens with one attached hydrogen (secondary N) is 1. The number of H-pyrrole nitrogens is 1. The highest BCUT2D eigenvalue weighted by Crippen LogP contribution is 2.25. The van der Waals surface area contributed by atoms with Crippen LogP contribution in [0.4, 0.5) is 20.5 Å². The molecule has 0 fully saturated rings. The minimum Gasteiger partial charge on any atom is -0.389 e. The summed E-state index contributed by atoms with van der Waals surface area (Å²) in [5, 5.41) is 16.8. The number of aromatic amines is 1. The summed E-state index contributed by atoms with van der Waals surface area (Å²) in [6.07, 6.45) is -1.14. The maximum atomic E-state index is 12.8. The predicted octanol–water partition coefficient (Wildman–Crippen LogP) is 0.777. The van der Waals surface area contributed by atoms with Gasteiger partial charge >= 0.3 is 0 Å². The second kappa shape index (κ2) is 5.16. The second-order valence-corrected chi connectivity index (χ2v) is 5.12. The summed E-state index contributed by atoms with van der Waals surface area (Å²) in [4.78, 5) is 9.20. The van der Waals surface area contributed by atoms with Crippen molar-refractivity contribution in [3.8, 4) is 0 Å². The van der Waals surface area contributed by atoms with Gasteiger partial charge < -0.3 is 15.7 Å². The highest BCUT2D eigenvalue weighted by molar-refractivity contribution is 5.87. The first-order chi connectivity index (χ1) is 9.26. The van der Waals surface area contributed by atoms with Crippen LogP contribution in [0, 0.1) is 0 Å². The number of anilines is 2. The van der Waals surface area contributed by atoms with Gasteiger partial charge in [0.25, 0.3) is 6.43 Å². The normalized spacial score (nSPS) is 12.3. The van der Waals surface area contributed by atoms with Crippen LogP contribution in [0.15, 0.2) is 6.20 Å². The van der Waals surface area contributed by atoms with Gasteiger partial charge in [0, 0.05) is 6.54 Å². The maximum absolute atomic E-state index is 12.8. The largest absolute Gasteiger partial charge is 0.389 e. The van der Waals surface area contributed by atoms with E-state index < -0.39 is 18.6 Å². The quantitative estimate of drug-likeness (QED) is 0.750. The Morgan fingerprint density at radius 1 is 1.45 bits per heavy atom. The Hall–Kier alpha value is -2.03. The van der Waals surface area contributed by atoms with E-state index in [2.05, 4.69) is 20.2 Å². The van der Waals surface area contributed by atoms with Crippen molar-refractivity contribution in [3.63, 3.8) is 0 Å². The molecule has 0 amide bonds. The van der Waals surface area contributed by atoms with Crippen molar-refractivity contribution in [3.05, 3.63) is 6.20 Å². The average Bonchev–Trinajstić information content (AvgIpc) is 2.72. The van der Waals surface area contributed by atoms with Gasteiger partial charge in [0.2, 0.25) is 5.95 Å². The Bertz CT molecular complexity index is 594. The molecule has 0 aliphatic carbocycles. The van der Waals surface area contributed by atoms with Crippen molar-refractivity contribution in [2.24, 2.45) is 0 Å². The lowest BCUT2D eigenvalue weighted by Gasteiger charge is -2.30. The summed E-state index contributed by atoms with van der Waals surface area (Å²) >= 11 is 0. The molecule has 0 bridgehead atoms. The Labute approximate surface area is 113 Å². The van der Waals surface area contributed by atoms with Crippen LogP contribution in [0.5, 0.6) is 0 Å². The van der Waals surface area contributed by atoms with E-state index in [1.807, 2.05) is 0 Å². The molecule has 0 aliphatic heterocycles. The molecule has 4 N–H and O–H groups in total. The summed E-state index contributed by atoms with van der Waals surface area (Å²) in [7, 11) is 0. The van der Waals surface area contributed by atoms with E-state index in [-0.39, 0.29) is 18.3 Å². The second-order valence-electron chi connectivity index (χ2n) is 5.12. The molecular formula is C11H16F2N6O. The number of hydrogen-bond donors (Lipinski definition) is 3. The summed E-state index contributed by atoms with van der Waals surface area (Å²) in [5.74, 6) is 0.176. The van der Waals surface area contributed by atoms with Crippen LogP contribution in [0.1, 0.15) is 13.8 Å². The molecule has 0 radical (unpaired) electrons. The third-order valence-corrected chi connectivity index (χ3v) is 2.54. The number of fused-ring (bicyclic) bond motifs is 1. The smallest absolute Gasteiger partial charge is 0.255 e. The lowest BCUT2D eigenvalue weighted by molar-refractivity contribution is 0.0810. The van der Waals surface area contributed by atoms with Gasteiger partial charge in [0.15, 0.2) is 5.65 Å². The Morgan fingerprint density at radius 2 is 2.15 bits per heavy atom. The highest BCUT2D eigenvalue weighted by Gasteiger charge is 2.24. The van der Waals surface area contributed by atoms with Crippen molar-refractivity contribution in [1.82, 2.24) is 20.2 Å². The first kappa shape index (κ1) is 14.4. The van der Waals surface area contributed by atoms with E-state index in [0.717, 1.165) is 0 Å². The van der Waals surface area contributed by atoms with Gasteiger partial charge in [-0.1, -0.05) is 0 Å². The molecule has 9 heteroatoms. The van der Waals surface area contributed by atoms with Gasteiger partial charge in [-0.25, -0.2) is 8.78 Å². The fourth-order valence-corrected chi connectivity index (χ4v) is 1.94. The molecule has 2 aromatic rings. The van der Waals surface area contributed by atoms with E-state index in [0.29, 0.717) is 11.0 Å². The number of nitrogens with zero attached hydrogens (tertiary/aromatic N) is 4. The third-order valence-electron chi connectivity index (χ3n) is 2.54. The summed E-state index contributed by atoms with van der Waals surface area (Å²) in [6, 6.07) is 0. The Balaban J connectivity index is 2.46. The van der Waals surface area contributed by atoms with Crippen LogP contribution >= 0.6 is 0 Å². The Kier molecular flexibility index (Phi) is 3.71. The number of aliphatic hydroxyl groups is 1. The number of hydrogen-bond acceptors (Lipinski definition) is 6. The first-order valence-corrected chi connectivity index (χ1v) is 5.98. The molecule has 0 aromatic carbocycles. The summed E-state index contributed by atoms with van der Waals surface area (Å²) < 4.78 is 25.5. The molecule has 0 unspecified atom stereocenters. The van der Waals surface area contributed by atoms with Gasteiger partial charge in [0.1, 0.15) is 5.82 Å². The van der Waals surface area contributed by atoms with E-state index >= 15 is 0 Å². The van der Waals surface area contributed by atoms with Gasteiger partial charge in [-0.2, -0.15) is 15.1 Å². The third kappa shape index (κ3) is 3.29. The molecule has 0 spiro atoms. The fourth-order valence-electron chi connectivity index (χ4n) is 1.94. The van der Waals surface area contributed by atoms with Crippen LogP contribution < -0.4 is 10.6 Å². The molecule has 110 valence electrons. The number of nitrogens with two attached hydrogens (primary N) is 1. The Morgan fingerprint density at radius 3 is 2.75 bits per heavy atom. The standard InChI is InChI=1S/C11H16F2N6O/c1-11(2,20)5-19(4-7(12)13)9-6-3-15-18-8(6)16-10(14)17-9/h3,7,20H,4-5H2,1-2H3,(H3,14,15,16,17,18). The van der Waals surface area contributed by atoms with E-state index in [1.165, 1.54) is 24.9 Å². The van der Waals surface area contributed by atoms with Crippen molar-refractivity contribution >= 4 is 22.8 Å². The molecule has 0 saturated heterocycles. The molecule has 2 aromatic heterocycles.